The van der Waals surface area contributed by atoms with Crippen LogP contribution in [0.1, 0.15) is 116 Å². The molecule has 8 rings (SSSR count). The van der Waals surface area contributed by atoms with E-state index >= 15 is 0 Å². The van der Waals surface area contributed by atoms with E-state index in [1.807, 2.05) is 30.3 Å². The Morgan fingerprint density at radius 1 is 0.907 bits per heavy atom. The standard InChI is InChI=1S/C46H48O8/c1-45(52)36-12-13-39(48)34(22-36)18-28-6-5-9-37(20-28)46(15-2-3-16-46)17-14-33-21-31(30-8-4-7-29(19-30)27-47)10-11-32-25-43(50)53-41-26-40(49)35(23-38(32)41)24-42(45)54-44(33)51/h4-9,14,19-20,23,26,31-32,34,36,42,47,49,52H,2-3,12-13,15-18,21-22,24-25,27H2,1H3. The largest absolute Gasteiger partial charge is 0.508 e. The molecule has 3 N–H and O–H groups in total. The van der Waals surface area contributed by atoms with E-state index < -0.39 is 35.5 Å². The summed E-state index contributed by atoms with van der Waals surface area (Å²) in [7, 11) is 0. The van der Waals surface area contributed by atoms with Crippen LogP contribution in [0, 0.1) is 23.7 Å². The molecule has 3 aromatic rings. The van der Waals surface area contributed by atoms with E-state index in [0.29, 0.717) is 54.4 Å². The summed E-state index contributed by atoms with van der Waals surface area (Å²) in [5.74, 6) is 4.39. The minimum Gasteiger partial charge on any atom is -0.508 e. The van der Waals surface area contributed by atoms with Crippen molar-refractivity contribution in [3.8, 4) is 23.3 Å². The molecule has 54 heavy (non-hydrogen) atoms. The van der Waals surface area contributed by atoms with E-state index in [1.54, 1.807) is 13.0 Å². The number of esters is 2. The van der Waals surface area contributed by atoms with Gasteiger partial charge in [-0.3, -0.25) is 9.59 Å². The predicted octanol–water partition coefficient (Wildman–Crippen LogP) is 7.04. The topological polar surface area (TPSA) is 130 Å². The second-order valence-corrected chi connectivity index (χ2v) is 16.5. The van der Waals surface area contributed by atoms with Crippen molar-refractivity contribution in [1.82, 2.24) is 0 Å². The van der Waals surface area contributed by atoms with Crippen LogP contribution in [-0.2, 0) is 44.0 Å². The van der Waals surface area contributed by atoms with Gasteiger partial charge in [-0.1, -0.05) is 79.3 Å². The number of rotatable bonds is 2. The fraction of sp³-hybridized carbons (Fsp3) is 0.457. The van der Waals surface area contributed by atoms with Crippen LogP contribution in [0.5, 0.6) is 11.5 Å². The van der Waals surface area contributed by atoms with Gasteiger partial charge in [-0.25, -0.2) is 4.79 Å². The van der Waals surface area contributed by atoms with Crippen LogP contribution in [0.15, 0.2) is 72.3 Å². The Balaban J connectivity index is 1.32. The quantitative estimate of drug-likeness (QED) is 0.146. The van der Waals surface area contributed by atoms with E-state index in [-0.39, 0.29) is 60.4 Å². The number of ketones is 1. The molecule has 6 unspecified atom stereocenters. The summed E-state index contributed by atoms with van der Waals surface area (Å²) in [6.45, 7) is 1.54. The molecule has 6 atom stereocenters. The van der Waals surface area contributed by atoms with Crippen molar-refractivity contribution in [3.05, 3.63) is 106 Å². The fourth-order valence-electron chi connectivity index (χ4n) is 9.73. The summed E-state index contributed by atoms with van der Waals surface area (Å²) in [5, 5.41) is 34.0. The molecule has 1 spiro atoms. The number of allylic oxidation sites excluding steroid dienone is 1. The first-order valence-corrected chi connectivity index (χ1v) is 19.5. The van der Waals surface area contributed by atoms with E-state index in [9.17, 15) is 29.7 Å². The van der Waals surface area contributed by atoms with Crippen molar-refractivity contribution in [2.24, 2.45) is 11.8 Å². The number of hydrogen-bond acceptors (Lipinski definition) is 8. The van der Waals surface area contributed by atoms with E-state index in [2.05, 4.69) is 36.1 Å². The van der Waals surface area contributed by atoms with E-state index in [1.165, 1.54) is 11.6 Å². The zero-order valence-corrected chi connectivity index (χ0v) is 30.8. The highest BCUT2D eigenvalue weighted by molar-refractivity contribution is 5.89. The molecule has 0 aromatic heterocycles. The zero-order valence-electron chi connectivity index (χ0n) is 30.8. The fourth-order valence-corrected chi connectivity index (χ4v) is 9.73. The SMILES string of the molecule is CC1(O)C2CCC(=O)C(Cc3cccc(c3)C3(CC=C4CC(c5cccc(CO)c5)C#CC5CC(=O)Oc6cc(O)c(cc65)CC1OC4=O)CCCC3)C2. The van der Waals surface area contributed by atoms with Crippen LogP contribution in [-0.4, -0.2) is 44.7 Å². The van der Waals surface area contributed by atoms with Crippen LogP contribution in [0.4, 0.5) is 0 Å². The minimum absolute atomic E-state index is 0.00102. The maximum Gasteiger partial charge on any atom is 0.334 e. The number of aliphatic hydroxyl groups excluding tert-OH is 1. The summed E-state index contributed by atoms with van der Waals surface area (Å²) in [6.07, 6.45) is 7.65. The van der Waals surface area contributed by atoms with Crippen LogP contribution >= 0.6 is 0 Å². The second kappa shape index (κ2) is 14.5. The lowest BCUT2D eigenvalue weighted by Crippen LogP contribution is -2.52. The number of benzene rings is 3. The molecule has 5 aliphatic rings. The van der Waals surface area contributed by atoms with Gasteiger partial charge in [0, 0.05) is 41.9 Å². The first kappa shape index (κ1) is 36.3. The lowest BCUT2D eigenvalue weighted by Gasteiger charge is -2.42. The number of carbonyl (C=O) groups excluding carboxylic acids is 3. The number of hydrogen-bond donors (Lipinski definition) is 3. The molecule has 8 heteroatoms. The number of fused-ring (bicyclic) bond motifs is 9. The van der Waals surface area contributed by atoms with Gasteiger partial charge in [-0.2, -0.15) is 0 Å². The lowest BCUT2D eigenvalue weighted by molar-refractivity contribution is -0.170. The molecule has 3 heterocycles. The van der Waals surface area contributed by atoms with Crippen molar-refractivity contribution >= 4 is 17.7 Å². The smallest absolute Gasteiger partial charge is 0.334 e. The molecular weight excluding hydrogens is 680 g/mol. The van der Waals surface area contributed by atoms with Crippen LogP contribution < -0.4 is 4.74 Å². The molecule has 8 bridgehead atoms. The Bertz CT molecular complexity index is 2070. The highest BCUT2D eigenvalue weighted by Gasteiger charge is 2.47. The molecule has 2 saturated carbocycles. The third-order valence-electron chi connectivity index (χ3n) is 13.1. The first-order chi connectivity index (χ1) is 26.0. The van der Waals surface area contributed by atoms with Gasteiger partial charge in [0.05, 0.1) is 18.9 Å². The van der Waals surface area contributed by atoms with Gasteiger partial charge in [0.2, 0.25) is 0 Å². The summed E-state index contributed by atoms with van der Waals surface area (Å²) < 4.78 is 12.1. The van der Waals surface area contributed by atoms with Crippen molar-refractivity contribution in [1.29, 1.82) is 0 Å². The average Bonchev–Trinajstić information content (AvgIpc) is 3.65. The summed E-state index contributed by atoms with van der Waals surface area (Å²) >= 11 is 0. The number of aliphatic hydroxyl groups is 2. The highest BCUT2D eigenvalue weighted by Crippen LogP contribution is 2.47. The van der Waals surface area contributed by atoms with Gasteiger partial charge in [0.15, 0.2) is 0 Å². The van der Waals surface area contributed by atoms with Crippen molar-refractivity contribution in [3.63, 3.8) is 0 Å². The average molecular weight is 729 g/mol. The van der Waals surface area contributed by atoms with Gasteiger partial charge in [0.25, 0.3) is 0 Å². The van der Waals surface area contributed by atoms with E-state index in [0.717, 1.165) is 36.8 Å². The molecule has 0 saturated heterocycles. The molecule has 3 aliphatic heterocycles. The Labute approximate surface area is 316 Å². The molecule has 8 nitrogen and oxygen atoms in total. The molecule has 0 radical (unpaired) electrons. The Kier molecular flexibility index (Phi) is 9.74. The van der Waals surface area contributed by atoms with Crippen molar-refractivity contribution < 1.29 is 39.2 Å². The molecule has 2 fully saturated rings. The van der Waals surface area contributed by atoms with Gasteiger partial charge in [-0.15, -0.1) is 0 Å². The second-order valence-electron chi connectivity index (χ2n) is 16.5. The first-order valence-electron chi connectivity index (χ1n) is 19.5. The van der Waals surface area contributed by atoms with E-state index in [4.69, 9.17) is 9.47 Å². The number of ether oxygens (including phenoxy) is 2. The van der Waals surface area contributed by atoms with Crippen LogP contribution in [0.2, 0.25) is 0 Å². The summed E-state index contributed by atoms with van der Waals surface area (Å²) in [6, 6.07) is 19.3. The van der Waals surface area contributed by atoms with Crippen LogP contribution in [0.3, 0.4) is 0 Å². The van der Waals surface area contributed by atoms with Crippen LogP contribution in [0.25, 0.3) is 0 Å². The third-order valence-corrected chi connectivity index (χ3v) is 13.1. The normalized spacial score (nSPS) is 29.2. The number of Topliss-reactive ketones (excluding diaryl/α,β-unsaturated/α-hetero) is 1. The maximum atomic E-state index is 14.8. The monoisotopic (exact) mass is 728 g/mol. The lowest BCUT2D eigenvalue weighted by atomic mass is 9.68. The van der Waals surface area contributed by atoms with Gasteiger partial charge < -0.3 is 24.8 Å². The summed E-state index contributed by atoms with van der Waals surface area (Å²) in [5.41, 5.74) is 3.63. The van der Waals surface area contributed by atoms with Crippen molar-refractivity contribution in [2.75, 3.05) is 0 Å². The van der Waals surface area contributed by atoms with Gasteiger partial charge in [0.1, 0.15) is 29.0 Å². The summed E-state index contributed by atoms with van der Waals surface area (Å²) in [4.78, 5) is 41.1. The number of phenolic OH excluding ortho intramolecular Hbond substituents is 1. The molecule has 2 aliphatic carbocycles. The van der Waals surface area contributed by atoms with Gasteiger partial charge in [-0.05, 0) is 97.1 Å². The Morgan fingerprint density at radius 2 is 1.70 bits per heavy atom. The third kappa shape index (κ3) is 7.00. The zero-order chi connectivity index (χ0) is 37.6. The highest BCUT2D eigenvalue weighted by atomic mass is 16.6. The van der Waals surface area contributed by atoms with Crippen molar-refractivity contribution in [2.45, 2.75) is 120 Å². The van der Waals surface area contributed by atoms with Gasteiger partial charge >= 0.3 is 11.9 Å². The molecule has 0 amide bonds. The molecule has 280 valence electrons. The maximum absolute atomic E-state index is 14.8. The number of phenols is 1. The molecular formula is C46H48O8. The Morgan fingerprint density at radius 3 is 2.52 bits per heavy atom. The minimum atomic E-state index is -1.56. The number of carbonyl (C=O) groups is 3. The number of aromatic hydroxyl groups is 1. The Hall–Kier alpha value is -4.71. The molecule has 3 aromatic carbocycles. The predicted molar refractivity (Wildman–Crippen MR) is 202 cm³/mol.